The van der Waals surface area contributed by atoms with E-state index in [2.05, 4.69) is 19.2 Å². The lowest BCUT2D eigenvalue weighted by Gasteiger charge is -2.40. The molecule has 3 fully saturated rings. The summed E-state index contributed by atoms with van der Waals surface area (Å²) in [5.74, 6) is 2.37. The van der Waals surface area contributed by atoms with Crippen molar-refractivity contribution in [1.82, 2.24) is 5.32 Å². The quantitative estimate of drug-likeness (QED) is 0.861. The summed E-state index contributed by atoms with van der Waals surface area (Å²) in [7, 11) is 0. The number of thioether (sulfide) groups is 1. The van der Waals surface area contributed by atoms with E-state index in [9.17, 15) is 0 Å². The van der Waals surface area contributed by atoms with Crippen LogP contribution in [0, 0.1) is 0 Å². The van der Waals surface area contributed by atoms with Crippen LogP contribution in [0.5, 0.6) is 0 Å². The summed E-state index contributed by atoms with van der Waals surface area (Å²) in [6.07, 6.45) is 3.79. The van der Waals surface area contributed by atoms with Crippen molar-refractivity contribution in [2.45, 2.75) is 56.5 Å². The second kappa shape index (κ2) is 6.13. The molecule has 3 aliphatic heterocycles. The fraction of sp³-hybridized carbons (Fsp3) is 1.00. The zero-order chi connectivity index (χ0) is 14.1. The van der Waals surface area contributed by atoms with Gasteiger partial charge in [-0.25, -0.2) is 0 Å². The first kappa shape index (κ1) is 15.1. The van der Waals surface area contributed by atoms with Crippen LogP contribution in [0.4, 0.5) is 0 Å². The van der Waals surface area contributed by atoms with Crippen molar-refractivity contribution >= 4 is 11.8 Å². The average Bonchev–Trinajstić information content (AvgIpc) is 2.83. The third-order valence-electron chi connectivity index (χ3n) is 4.44. The highest BCUT2D eigenvalue weighted by atomic mass is 32.2. The normalized spacial score (nSPS) is 41.1. The van der Waals surface area contributed by atoms with Crippen LogP contribution in [0.15, 0.2) is 0 Å². The summed E-state index contributed by atoms with van der Waals surface area (Å²) in [5, 5.41) is 3.43. The first-order valence-electron chi connectivity index (χ1n) is 7.79. The molecule has 0 aromatic carbocycles. The van der Waals surface area contributed by atoms with Gasteiger partial charge in [0, 0.05) is 31.9 Å². The molecule has 116 valence electrons. The van der Waals surface area contributed by atoms with Crippen molar-refractivity contribution < 1.29 is 14.2 Å². The second-order valence-corrected chi connectivity index (χ2v) is 8.02. The summed E-state index contributed by atoms with van der Waals surface area (Å²) in [4.78, 5) is 0. The molecular formula is C15H27NO3S. The first-order valence-corrected chi connectivity index (χ1v) is 8.94. The Morgan fingerprint density at radius 2 is 2.30 bits per heavy atom. The van der Waals surface area contributed by atoms with Gasteiger partial charge in [-0.2, -0.15) is 11.8 Å². The number of morpholine rings is 1. The fourth-order valence-electron chi connectivity index (χ4n) is 3.39. The molecule has 4 nitrogen and oxygen atoms in total. The highest BCUT2D eigenvalue weighted by molar-refractivity contribution is 7.99. The van der Waals surface area contributed by atoms with E-state index in [1.807, 2.05) is 11.8 Å². The van der Waals surface area contributed by atoms with E-state index in [0.29, 0.717) is 12.7 Å². The summed E-state index contributed by atoms with van der Waals surface area (Å²) in [6.45, 7) is 7.62. The molecule has 0 bridgehead atoms. The highest BCUT2D eigenvalue weighted by Crippen LogP contribution is 2.39. The molecule has 0 saturated carbocycles. The van der Waals surface area contributed by atoms with Crippen LogP contribution in [0.3, 0.4) is 0 Å². The van der Waals surface area contributed by atoms with E-state index in [1.54, 1.807) is 0 Å². The van der Waals surface area contributed by atoms with Crippen molar-refractivity contribution in [3.63, 3.8) is 0 Å². The predicted octanol–water partition coefficient (Wildman–Crippen LogP) is 1.82. The first-order chi connectivity index (χ1) is 9.57. The third kappa shape index (κ3) is 3.69. The van der Waals surface area contributed by atoms with Gasteiger partial charge in [0.2, 0.25) is 0 Å². The highest BCUT2D eigenvalue weighted by Gasteiger charge is 2.41. The van der Waals surface area contributed by atoms with Crippen LogP contribution in [0.1, 0.15) is 33.1 Å². The molecule has 1 N–H and O–H groups in total. The van der Waals surface area contributed by atoms with Crippen LogP contribution >= 0.6 is 11.8 Å². The van der Waals surface area contributed by atoms with Crippen molar-refractivity contribution in [2.24, 2.45) is 0 Å². The number of hydrogen-bond donors (Lipinski definition) is 1. The Morgan fingerprint density at radius 1 is 1.40 bits per heavy atom. The van der Waals surface area contributed by atoms with Crippen LogP contribution in [-0.2, 0) is 14.2 Å². The Bertz CT molecular complexity index is 331. The number of ether oxygens (including phenoxy) is 3. The van der Waals surface area contributed by atoms with E-state index in [4.69, 9.17) is 14.2 Å². The lowest BCUT2D eigenvalue weighted by atomic mass is 9.91. The molecule has 0 aliphatic carbocycles. The zero-order valence-electron chi connectivity index (χ0n) is 12.7. The predicted molar refractivity (Wildman–Crippen MR) is 81.4 cm³/mol. The summed E-state index contributed by atoms with van der Waals surface area (Å²) in [6, 6.07) is 0. The number of rotatable bonds is 3. The van der Waals surface area contributed by atoms with Crippen molar-refractivity contribution in [1.29, 1.82) is 0 Å². The second-order valence-electron chi connectivity index (χ2n) is 6.91. The molecule has 3 rings (SSSR count). The molecule has 0 amide bonds. The van der Waals surface area contributed by atoms with Gasteiger partial charge in [-0.1, -0.05) is 0 Å². The molecule has 0 aromatic rings. The maximum atomic E-state index is 6.15. The lowest BCUT2D eigenvalue weighted by molar-refractivity contribution is -0.158. The van der Waals surface area contributed by atoms with Gasteiger partial charge in [0.15, 0.2) is 0 Å². The van der Waals surface area contributed by atoms with E-state index >= 15 is 0 Å². The monoisotopic (exact) mass is 301 g/mol. The smallest absolute Gasteiger partial charge is 0.0940 e. The molecular weight excluding hydrogens is 274 g/mol. The molecule has 3 saturated heterocycles. The van der Waals surface area contributed by atoms with Gasteiger partial charge >= 0.3 is 0 Å². The molecule has 5 heteroatoms. The number of nitrogens with one attached hydrogen (secondary N) is 1. The Morgan fingerprint density at radius 3 is 3.05 bits per heavy atom. The molecule has 0 radical (unpaired) electrons. The van der Waals surface area contributed by atoms with Gasteiger partial charge in [0.1, 0.15) is 0 Å². The van der Waals surface area contributed by atoms with E-state index in [-0.39, 0.29) is 17.3 Å². The minimum Gasteiger partial charge on any atom is -0.375 e. The SMILES string of the molecule is CC1(C)CNCC(COC2CCOC3(CCSC3)C2)O1. The van der Waals surface area contributed by atoms with Gasteiger partial charge in [0.25, 0.3) is 0 Å². The zero-order valence-corrected chi connectivity index (χ0v) is 13.5. The fourth-order valence-corrected chi connectivity index (χ4v) is 4.77. The maximum Gasteiger partial charge on any atom is 0.0940 e. The molecule has 1 spiro atoms. The van der Waals surface area contributed by atoms with Crippen LogP contribution in [0.25, 0.3) is 0 Å². The molecule has 3 atom stereocenters. The van der Waals surface area contributed by atoms with E-state index in [0.717, 1.165) is 38.3 Å². The number of hydrogen-bond acceptors (Lipinski definition) is 5. The van der Waals surface area contributed by atoms with E-state index in [1.165, 1.54) is 12.2 Å². The van der Waals surface area contributed by atoms with Crippen LogP contribution < -0.4 is 5.32 Å². The molecule has 3 unspecified atom stereocenters. The largest absolute Gasteiger partial charge is 0.375 e. The maximum absolute atomic E-state index is 6.15. The Labute approximate surface area is 126 Å². The Kier molecular flexibility index (Phi) is 4.63. The van der Waals surface area contributed by atoms with Gasteiger partial charge in [-0.05, 0) is 32.4 Å². The van der Waals surface area contributed by atoms with Crippen molar-refractivity contribution in [2.75, 3.05) is 37.8 Å². The lowest BCUT2D eigenvalue weighted by Crippen LogP contribution is -2.52. The van der Waals surface area contributed by atoms with E-state index < -0.39 is 0 Å². The Hall–Kier alpha value is 0.190. The van der Waals surface area contributed by atoms with Crippen molar-refractivity contribution in [3.8, 4) is 0 Å². The summed E-state index contributed by atoms with van der Waals surface area (Å²) >= 11 is 2.01. The minimum absolute atomic E-state index is 0.0781. The summed E-state index contributed by atoms with van der Waals surface area (Å²) in [5.41, 5.74) is 0.0315. The van der Waals surface area contributed by atoms with Gasteiger partial charge < -0.3 is 19.5 Å². The molecule has 3 aliphatic rings. The third-order valence-corrected chi connectivity index (χ3v) is 5.66. The van der Waals surface area contributed by atoms with Gasteiger partial charge in [-0.15, -0.1) is 0 Å². The molecule has 0 aromatic heterocycles. The van der Waals surface area contributed by atoms with Crippen LogP contribution in [-0.4, -0.2) is 61.2 Å². The van der Waals surface area contributed by atoms with Crippen molar-refractivity contribution in [3.05, 3.63) is 0 Å². The van der Waals surface area contributed by atoms with Gasteiger partial charge in [-0.3, -0.25) is 0 Å². The van der Waals surface area contributed by atoms with Gasteiger partial charge in [0.05, 0.1) is 30.0 Å². The standard InChI is InChI=1S/C15H27NO3S/c1-14(2)10-16-8-13(19-14)9-17-12-3-5-18-15(7-12)4-6-20-11-15/h12-13,16H,3-11H2,1-2H3. The molecule has 3 heterocycles. The topological polar surface area (TPSA) is 39.7 Å². The minimum atomic E-state index is -0.0781. The molecule has 20 heavy (non-hydrogen) atoms. The van der Waals surface area contributed by atoms with Crippen LogP contribution in [0.2, 0.25) is 0 Å². The average molecular weight is 301 g/mol. The Balaban J connectivity index is 1.46. The summed E-state index contributed by atoms with van der Waals surface area (Å²) < 4.78 is 18.2.